The van der Waals surface area contributed by atoms with Gasteiger partial charge in [-0.25, -0.2) is 14.8 Å². The van der Waals surface area contributed by atoms with Crippen LogP contribution in [0.5, 0.6) is 0 Å². The Labute approximate surface area is 245 Å². The topological polar surface area (TPSA) is 69.6 Å². The minimum absolute atomic E-state index is 0.114. The molecule has 3 heterocycles. The number of nitrogens with zero attached hydrogens (tertiary/aromatic N) is 5. The molecule has 40 heavy (non-hydrogen) atoms. The van der Waals surface area contributed by atoms with Crippen LogP contribution in [0.4, 0.5) is 16.3 Å². The summed E-state index contributed by atoms with van der Waals surface area (Å²) in [4.78, 5) is 29.0. The highest BCUT2D eigenvalue weighted by Gasteiger charge is 2.34. The highest BCUT2D eigenvalue weighted by atomic mass is 35.5. The molecule has 0 spiro atoms. The van der Waals surface area contributed by atoms with Crippen LogP contribution in [0, 0.1) is 5.41 Å². The van der Waals surface area contributed by atoms with E-state index in [-0.39, 0.29) is 16.6 Å². The molecular formula is C31H38ClN5O2S. The Balaban J connectivity index is 1.44. The summed E-state index contributed by atoms with van der Waals surface area (Å²) in [5.74, 6) is 0.880. The molecule has 2 amide bonds. The van der Waals surface area contributed by atoms with E-state index in [9.17, 15) is 9.00 Å². The van der Waals surface area contributed by atoms with Gasteiger partial charge in [-0.2, -0.15) is 0 Å². The Kier molecular flexibility index (Phi) is 8.88. The van der Waals surface area contributed by atoms with Crippen molar-refractivity contribution in [3.8, 4) is 0 Å². The summed E-state index contributed by atoms with van der Waals surface area (Å²) in [6.45, 7) is 10.2. The molecule has 1 fully saturated rings. The lowest BCUT2D eigenvalue weighted by Crippen LogP contribution is -2.51. The summed E-state index contributed by atoms with van der Waals surface area (Å²) >= 11 is 6.50. The van der Waals surface area contributed by atoms with E-state index >= 15 is 0 Å². The molecule has 7 nitrogen and oxygen atoms in total. The first-order chi connectivity index (χ1) is 19.2. The predicted octanol–water partition coefficient (Wildman–Crippen LogP) is 6.46. The average molecular weight is 580 g/mol. The van der Waals surface area contributed by atoms with Crippen LogP contribution in [-0.4, -0.2) is 51.3 Å². The second kappa shape index (κ2) is 12.4. The number of rotatable bonds is 8. The van der Waals surface area contributed by atoms with Crippen molar-refractivity contribution in [2.45, 2.75) is 63.9 Å². The van der Waals surface area contributed by atoms with E-state index < -0.39 is 10.8 Å². The molecule has 212 valence electrons. The third-order valence-corrected chi connectivity index (χ3v) is 8.92. The number of piperidine rings is 1. The lowest BCUT2D eigenvalue weighted by Gasteiger charge is -2.37. The molecule has 3 aromatic rings. The Hall–Kier alpha value is -2.81. The Morgan fingerprint density at radius 3 is 2.38 bits per heavy atom. The number of hydrogen-bond acceptors (Lipinski definition) is 5. The van der Waals surface area contributed by atoms with Crippen molar-refractivity contribution in [3.63, 3.8) is 0 Å². The molecule has 1 aromatic heterocycles. The van der Waals surface area contributed by atoms with Crippen molar-refractivity contribution in [2.24, 2.45) is 5.41 Å². The average Bonchev–Trinajstić information content (AvgIpc) is 2.93. The van der Waals surface area contributed by atoms with Crippen LogP contribution < -0.4 is 9.80 Å². The molecule has 2 aliphatic heterocycles. The van der Waals surface area contributed by atoms with Crippen LogP contribution in [-0.2, 0) is 29.5 Å². The monoisotopic (exact) mass is 579 g/mol. The number of carbonyl (C=O) groups is 1. The van der Waals surface area contributed by atoms with Crippen molar-refractivity contribution in [2.75, 3.05) is 36.0 Å². The molecule has 1 unspecified atom stereocenters. The Morgan fingerprint density at radius 2 is 1.65 bits per heavy atom. The van der Waals surface area contributed by atoms with Gasteiger partial charge in [-0.3, -0.25) is 14.0 Å². The van der Waals surface area contributed by atoms with E-state index in [0.717, 1.165) is 37.2 Å². The second-order valence-electron chi connectivity index (χ2n) is 11.9. The quantitative estimate of drug-likeness (QED) is 0.286. The largest absolute Gasteiger partial charge is 0.330 e. The van der Waals surface area contributed by atoms with Crippen LogP contribution in [0.3, 0.4) is 0 Å². The fraction of sp³-hybridized carbons (Fsp3) is 0.452. The van der Waals surface area contributed by atoms with Gasteiger partial charge in [0.05, 0.1) is 33.8 Å². The first-order valence-electron chi connectivity index (χ1n) is 14.1. The number of carbonyl (C=O) groups excluding carboxylic acids is 1. The number of hydrogen-bond donors (Lipinski definition) is 0. The molecule has 2 aliphatic rings. The third kappa shape index (κ3) is 6.73. The maximum absolute atomic E-state index is 13.9. The van der Waals surface area contributed by atoms with Gasteiger partial charge < -0.3 is 4.90 Å². The van der Waals surface area contributed by atoms with Crippen LogP contribution in [0.25, 0.3) is 0 Å². The van der Waals surface area contributed by atoms with Crippen LogP contribution in [0.2, 0.25) is 5.02 Å². The summed E-state index contributed by atoms with van der Waals surface area (Å²) in [7, 11) is -1.46. The molecule has 5 rings (SSSR count). The highest BCUT2D eigenvalue weighted by molar-refractivity contribution is 7.84. The standard InChI is InChI=1S/C31H38ClN5O2S/c1-31(2,3)19-23-11-5-6-12-24(23)22-40(39)29-33-20-25-21-37(27-14-8-7-13-26(27)32)30(38)36(28(25)34-29)18-17-35-15-9-4-10-16-35/h5-8,11-14,20H,4,9-10,15-19,21-22H2,1-3H3. The van der Waals surface area contributed by atoms with Gasteiger partial charge in [-0.05, 0) is 61.0 Å². The molecule has 2 aromatic carbocycles. The number of likely N-dealkylation sites (tertiary alicyclic amines) is 1. The highest BCUT2D eigenvalue weighted by Crippen LogP contribution is 2.34. The molecule has 1 atom stereocenters. The van der Waals surface area contributed by atoms with E-state index in [1.807, 2.05) is 36.4 Å². The summed E-state index contributed by atoms with van der Waals surface area (Å²) < 4.78 is 13.6. The SMILES string of the molecule is CC(C)(C)Cc1ccccc1CS(=O)c1ncc2c(n1)N(CCN1CCCCC1)C(=O)N(c1ccccc1Cl)C2. The van der Waals surface area contributed by atoms with E-state index in [0.29, 0.717) is 35.4 Å². The van der Waals surface area contributed by atoms with Gasteiger partial charge in [0.1, 0.15) is 5.82 Å². The molecular weight excluding hydrogens is 542 g/mol. The molecule has 0 N–H and O–H groups in total. The van der Waals surface area contributed by atoms with Crippen molar-refractivity contribution >= 4 is 39.9 Å². The van der Waals surface area contributed by atoms with E-state index in [1.165, 1.54) is 24.8 Å². The first kappa shape index (κ1) is 28.7. The van der Waals surface area contributed by atoms with E-state index in [1.54, 1.807) is 22.1 Å². The first-order valence-corrected chi connectivity index (χ1v) is 15.8. The number of halogens is 1. The van der Waals surface area contributed by atoms with E-state index in [4.69, 9.17) is 16.6 Å². The third-order valence-electron chi connectivity index (χ3n) is 7.43. The van der Waals surface area contributed by atoms with Crippen molar-refractivity contribution in [3.05, 3.63) is 76.4 Å². The maximum atomic E-state index is 13.9. The van der Waals surface area contributed by atoms with Crippen LogP contribution in [0.15, 0.2) is 59.9 Å². The van der Waals surface area contributed by atoms with Gasteiger partial charge >= 0.3 is 6.03 Å². The van der Waals surface area contributed by atoms with Gasteiger partial charge in [-0.1, -0.05) is 75.2 Å². The fourth-order valence-corrected chi connectivity index (χ4v) is 6.73. The number of aromatic nitrogens is 2. The number of urea groups is 1. The summed E-state index contributed by atoms with van der Waals surface area (Å²) in [5, 5.41) is 0.772. The minimum atomic E-state index is -1.46. The number of para-hydroxylation sites is 1. The second-order valence-corrected chi connectivity index (χ2v) is 13.6. The summed E-state index contributed by atoms with van der Waals surface area (Å²) in [6, 6.07) is 15.4. The minimum Gasteiger partial charge on any atom is -0.302 e. The molecule has 0 saturated carbocycles. The number of benzene rings is 2. The van der Waals surface area contributed by atoms with Gasteiger partial charge in [0, 0.05) is 24.8 Å². The zero-order valence-electron chi connectivity index (χ0n) is 23.6. The van der Waals surface area contributed by atoms with E-state index in [2.05, 4.69) is 36.7 Å². The zero-order chi connectivity index (χ0) is 28.3. The van der Waals surface area contributed by atoms with Crippen LogP contribution in [0.1, 0.15) is 56.7 Å². The Bertz CT molecular complexity index is 1390. The maximum Gasteiger partial charge on any atom is 0.330 e. The summed E-state index contributed by atoms with van der Waals surface area (Å²) in [5.41, 5.74) is 3.82. The molecule has 0 bridgehead atoms. The molecule has 0 radical (unpaired) electrons. The van der Waals surface area contributed by atoms with Gasteiger partial charge in [0.2, 0.25) is 5.16 Å². The Morgan fingerprint density at radius 1 is 0.950 bits per heavy atom. The smallest absolute Gasteiger partial charge is 0.302 e. The molecule has 1 saturated heterocycles. The van der Waals surface area contributed by atoms with Crippen molar-refractivity contribution in [1.29, 1.82) is 0 Å². The zero-order valence-corrected chi connectivity index (χ0v) is 25.2. The summed E-state index contributed by atoms with van der Waals surface area (Å²) in [6.07, 6.45) is 6.23. The number of fused-ring (bicyclic) bond motifs is 1. The van der Waals surface area contributed by atoms with Gasteiger partial charge in [-0.15, -0.1) is 0 Å². The molecule has 9 heteroatoms. The lowest BCUT2D eigenvalue weighted by molar-refractivity contribution is 0.227. The molecule has 0 aliphatic carbocycles. The van der Waals surface area contributed by atoms with Gasteiger partial charge in [0.25, 0.3) is 0 Å². The fourth-order valence-electron chi connectivity index (χ4n) is 5.44. The number of anilines is 2. The normalized spacial score (nSPS) is 17.1. The predicted molar refractivity (Wildman–Crippen MR) is 162 cm³/mol. The number of amides is 2. The lowest BCUT2D eigenvalue weighted by atomic mass is 9.86. The van der Waals surface area contributed by atoms with Gasteiger partial charge in [0.15, 0.2) is 0 Å². The van der Waals surface area contributed by atoms with Crippen LogP contribution >= 0.6 is 11.6 Å². The van der Waals surface area contributed by atoms with Crippen molar-refractivity contribution < 1.29 is 9.00 Å². The van der Waals surface area contributed by atoms with Crippen molar-refractivity contribution in [1.82, 2.24) is 14.9 Å².